The molecule has 0 radical (unpaired) electrons. The first-order valence-corrected chi connectivity index (χ1v) is 8.20. The molecule has 1 fully saturated rings. The first-order chi connectivity index (χ1) is 9.02. The van der Waals surface area contributed by atoms with Crippen LogP contribution in [0.2, 0.25) is 0 Å². The van der Waals surface area contributed by atoms with Gasteiger partial charge in [-0.1, -0.05) is 0 Å². The summed E-state index contributed by atoms with van der Waals surface area (Å²) in [7, 11) is -2.02. The maximum Gasteiger partial charge on any atom is 0.410 e. The van der Waals surface area contributed by atoms with Gasteiger partial charge in [-0.3, -0.25) is 4.18 Å². The average Bonchev–Trinajstić information content (AvgIpc) is 2.56. The summed E-state index contributed by atoms with van der Waals surface area (Å²) in [5.41, 5.74) is -0.607. The van der Waals surface area contributed by atoms with Crippen LogP contribution >= 0.6 is 0 Å². The Balaban J connectivity index is 2.74. The number of hydrogen-bond donors (Lipinski definition) is 0. The number of hydrogen-bond acceptors (Lipinski definition) is 6. The lowest BCUT2D eigenvalue weighted by Gasteiger charge is -2.28. The van der Waals surface area contributed by atoms with Crippen LogP contribution in [0, 0.1) is 0 Å². The fourth-order valence-electron chi connectivity index (χ4n) is 2.09. The topological polar surface area (TPSA) is 82.1 Å². The fraction of sp³-hybridized carbons (Fsp3) is 0.917. The second-order valence-corrected chi connectivity index (χ2v) is 7.50. The van der Waals surface area contributed by atoms with Crippen molar-refractivity contribution in [3.05, 3.63) is 0 Å². The van der Waals surface area contributed by atoms with E-state index in [1.165, 1.54) is 12.0 Å². The third-order valence-corrected chi connectivity index (χ3v) is 3.30. The Bertz CT molecular complexity index is 441. The van der Waals surface area contributed by atoms with E-state index in [1.54, 1.807) is 20.8 Å². The van der Waals surface area contributed by atoms with Crippen molar-refractivity contribution in [1.29, 1.82) is 0 Å². The summed E-state index contributed by atoms with van der Waals surface area (Å²) in [5, 5.41) is 0. The lowest BCUT2D eigenvalue weighted by Crippen LogP contribution is -2.42. The van der Waals surface area contributed by atoms with E-state index in [1.807, 2.05) is 0 Å². The van der Waals surface area contributed by atoms with Gasteiger partial charge < -0.3 is 14.4 Å². The molecule has 1 aliphatic rings. The van der Waals surface area contributed by atoms with Gasteiger partial charge in [-0.25, -0.2) is 4.79 Å². The van der Waals surface area contributed by atoms with Crippen molar-refractivity contribution < 1.29 is 26.9 Å². The van der Waals surface area contributed by atoms with Gasteiger partial charge in [0.1, 0.15) is 5.60 Å². The number of likely N-dealkylation sites (tertiary alicyclic amines) is 1. The number of carbonyl (C=O) groups excluding carboxylic acids is 1. The molecule has 1 rings (SSSR count). The van der Waals surface area contributed by atoms with Gasteiger partial charge in [-0.05, 0) is 27.2 Å². The van der Waals surface area contributed by atoms with E-state index in [0.717, 1.165) is 6.26 Å². The van der Waals surface area contributed by atoms with E-state index in [-0.39, 0.29) is 12.6 Å². The van der Waals surface area contributed by atoms with Crippen LogP contribution in [0.4, 0.5) is 4.79 Å². The van der Waals surface area contributed by atoms with Crippen LogP contribution in [0.3, 0.4) is 0 Å². The van der Waals surface area contributed by atoms with E-state index in [9.17, 15) is 13.2 Å². The van der Waals surface area contributed by atoms with Gasteiger partial charge in [0, 0.05) is 7.11 Å². The summed E-state index contributed by atoms with van der Waals surface area (Å²) < 4.78 is 37.7. The van der Waals surface area contributed by atoms with Gasteiger partial charge in [0.25, 0.3) is 10.1 Å². The Kier molecular flexibility index (Phi) is 5.39. The molecule has 2 atom stereocenters. The summed E-state index contributed by atoms with van der Waals surface area (Å²) >= 11 is 0. The van der Waals surface area contributed by atoms with Crippen molar-refractivity contribution in [1.82, 2.24) is 4.90 Å². The van der Waals surface area contributed by atoms with E-state index in [4.69, 9.17) is 13.7 Å². The minimum absolute atomic E-state index is 0.177. The smallest absolute Gasteiger partial charge is 0.410 e. The maximum absolute atomic E-state index is 12.1. The van der Waals surface area contributed by atoms with Gasteiger partial charge in [0.05, 0.1) is 31.6 Å². The molecule has 0 spiro atoms. The molecule has 0 aromatic heterocycles. The first kappa shape index (κ1) is 17.2. The zero-order valence-corrected chi connectivity index (χ0v) is 13.4. The van der Waals surface area contributed by atoms with Gasteiger partial charge in [-0.2, -0.15) is 8.42 Å². The molecule has 1 heterocycles. The molecule has 1 saturated heterocycles. The summed E-state index contributed by atoms with van der Waals surface area (Å²) in [5.74, 6) is 0. The molecule has 0 bridgehead atoms. The van der Waals surface area contributed by atoms with E-state index < -0.39 is 27.9 Å². The summed E-state index contributed by atoms with van der Waals surface area (Å²) in [4.78, 5) is 13.6. The molecule has 0 aliphatic carbocycles. The lowest BCUT2D eigenvalue weighted by molar-refractivity contribution is 0.0140. The van der Waals surface area contributed by atoms with E-state index >= 15 is 0 Å². The third kappa shape index (κ3) is 5.64. The highest BCUT2D eigenvalue weighted by atomic mass is 32.2. The summed E-state index contributed by atoms with van der Waals surface area (Å²) in [6, 6.07) is -0.249. The zero-order valence-electron chi connectivity index (χ0n) is 12.6. The molecule has 0 saturated carbocycles. The first-order valence-electron chi connectivity index (χ1n) is 6.38. The Morgan fingerprint density at radius 3 is 2.40 bits per heavy atom. The minimum Gasteiger partial charge on any atom is -0.444 e. The average molecular weight is 309 g/mol. The molecule has 20 heavy (non-hydrogen) atoms. The van der Waals surface area contributed by atoms with Gasteiger partial charge >= 0.3 is 6.09 Å². The Morgan fingerprint density at radius 2 is 1.95 bits per heavy atom. The van der Waals surface area contributed by atoms with Crippen molar-refractivity contribution in [3.8, 4) is 0 Å². The van der Waals surface area contributed by atoms with Crippen molar-refractivity contribution in [2.75, 3.05) is 26.5 Å². The number of carbonyl (C=O) groups is 1. The van der Waals surface area contributed by atoms with Crippen molar-refractivity contribution >= 4 is 16.2 Å². The number of ether oxygens (including phenoxy) is 2. The molecule has 118 valence electrons. The van der Waals surface area contributed by atoms with Crippen LogP contribution in [-0.2, 0) is 23.8 Å². The molecular formula is C12H23NO6S. The monoisotopic (exact) mass is 309 g/mol. The normalized spacial score (nSPS) is 23.9. The highest BCUT2D eigenvalue weighted by Gasteiger charge is 2.39. The second kappa shape index (κ2) is 6.28. The Morgan fingerprint density at radius 1 is 1.35 bits per heavy atom. The predicted molar refractivity (Wildman–Crippen MR) is 72.9 cm³/mol. The van der Waals surface area contributed by atoms with Crippen molar-refractivity contribution in [3.63, 3.8) is 0 Å². The fourth-order valence-corrected chi connectivity index (χ4v) is 2.72. The molecule has 0 aromatic rings. The lowest BCUT2D eigenvalue weighted by atomic mass is 10.2. The van der Waals surface area contributed by atoms with Crippen LogP contribution in [0.15, 0.2) is 0 Å². The van der Waals surface area contributed by atoms with Crippen LogP contribution in [-0.4, -0.2) is 63.7 Å². The molecule has 1 amide bonds. The van der Waals surface area contributed by atoms with Crippen molar-refractivity contribution in [2.24, 2.45) is 0 Å². The van der Waals surface area contributed by atoms with Gasteiger partial charge in [0.15, 0.2) is 0 Å². The predicted octanol–water partition coefficient (Wildman–Crippen LogP) is 0.987. The molecule has 8 heteroatoms. The highest BCUT2D eigenvalue weighted by molar-refractivity contribution is 7.86. The number of amides is 1. The van der Waals surface area contributed by atoms with E-state index in [2.05, 4.69) is 0 Å². The van der Waals surface area contributed by atoms with Gasteiger partial charge in [0.2, 0.25) is 0 Å². The summed E-state index contributed by atoms with van der Waals surface area (Å²) in [6.45, 7) is 5.81. The Hall–Kier alpha value is -0.860. The van der Waals surface area contributed by atoms with Crippen LogP contribution in [0.25, 0.3) is 0 Å². The quantitative estimate of drug-likeness (QED) is 0.720. The standard InChI is InChI=1S/C12H23NO6S/c1-12(2,3)18-11(14)13-7-10(19-20(5,15)16)6-9(13)8-17-4/h9-10H,6-8H2,1-5H3. The highest BCUT2D eigenvalue weighted by Crippen LogP contribution is 2.24. The van der Waals surface area contributed by atoms with Crippen LogP contribution < -0.4 is 0 Å². The molecule has 0 N–H and O–H groups in total. The number of nitrogens with zero attached hydrogens (tertiary/aromatic N) is 1. The van der Waals surface area contributed by atoms with Gasteiger partial charge in [-0.15, -0.1) is 0 Å². The molecule has 0 aromatic carbocycles. The van der Waals surface area contributed by atoms with Crippen molar-refractivity contribution in [2.45, 2.75) is 44.9 Å². The number of rotatable bonds is 4. The molecule has 7 nitrogen and oxygen atoms in total. The second-order valence-electron chi connectivity index (χ2n) is 5.90. The Labute approximate surface area is 120 Å². The maximum atomic E-state index is 12.1. The van der Waals surface area contributed by atoms with Crippen LogP contribution in [0.5, 0.6) is 0 Å². The zero-order chi connectivity index (χ0) is 15.6. The molecule has 1 aliphatic heterocycles. The largest absolute Gasteiger partial charge is 0.444 e. The minimum atomic E-state index is -3.55. The number of methoxy groups -OCH3 is 1. The molecule has 2 unspecified atom stereocenters. The van der Waals surface area contributed by atoms with Crippen LogP contribution in [0.1, 0.15) is 27.2 Å². The SMILES string of the molecule is COCC1CC(OS(C)(=O)=O)CN1C(=O)OC(C)(C)C. The molecular weight excluding hydrogens is 286 g/mol. The summed E-state index contributed by atoms with van der Waals surface area (Å²) in [6.07, 6.45) is 0.353. The third-order valence-electron chi connectivity index (χ3n) is 2.67. The van der Waals surface area contributed by atoms with E-state index in [0.29, 0.717) is 13.0 Å².